The summed E-state index contributed by atoms with van der Waals surface area (Å²) in [5.74, 6) is 0.305. The van der Waals surface area contributed by atoms with Gasteiger partial charge in [0.15, 0.2) is 0 Å². The van der Waals surface area contributed by atoms with Crippen LogP contribution in [0.3, 0.4) is 0 Å². The average Bonchev–Trinajstić information content (AvgIpc) is 2.58. The van der Waals surface area contributed by atoms with Crippen LogP contribution in [0.15, 0.2) is 36.4 Å². The molecule has 0 aromatic heterocycles. The maximum atomic E-state index is 12.1. The maximum Gasteiger partial charge on any atom is 0.252 e. The quantitative estimate of drug-likeness (QED) is 0.824. The van der Waals surface area contributed by atoms with Crippen LogP contribution in [-0.4, -0.2) is 25.5 Å². The molecule has 0 aliphatic rings. The van der Waals surface area contributed by atoms with Gasteiger partial charge in [-0.3, -0.25) is 9.59 Å². The predicted octanol–water partition coefficient (Wildman–Crippen LogP) is 3.72. The number of benzene rings is 2. The first kappa shape index (κ1) is 18.8. The number of carbonyl (C=O) groups is 2. The zero-order valence-corrected chi connectivity index (χ0v) is 15.2. The topological polar surface area (TPSA) is 67.4 Å². The second kappa shape index (κ2) is 8.53. The summed E-state index contributed by atoms with van der Waals surface area (Å²) in [6.45, 7) is 4.21. The van der Waals surface area contributed by atoms with E-state index in [-0.39, 0.29) is 24.8 Å². The van der Waals surface area contributed by atoms with Gasteiger partial charge in [-0.2, -0.15) is 0 Å². The molecule has 0 radical (unpaired) electrons. The Hall–Kier alpha value is -2.53. The average molecular weight is 361 g/mol. The van der Waals surface area contributed by atoms with Crippen molar-refractivity contribution in [3.05, 3.63) is 58.1 Å². The number of rotatable bonds is 6. The lowest BCUT2D eigenvalue weighted by Crippen LogP contribution is -2.19. The summed E-state index contributed by atoms with van der Waals surface area (Å²) < 4.78 is 5.73. The monoisotopic (exact) mass is 360 g/mol. The van der Waals surface area contributed by atoms with Gasteiger partial charge >= 0.3 is 0 Å². The SMILES string of the molecule is CNC(=O)c1cc(NC(=O)CCOc2c(C)cccc2C)ccc1Cl. The summed E-state index contributed by atoms with van der Waals surface area (Å²) in [4.78, 5) is 23.8. The molecule has 0 saturated carbocycles. The van der Waals surface area contributed by atoms with Crippen LogP contribution in [0.25, 0.3) is 0 Å². The molecule has 6 heteroatoms. The van der Waals surface area contributed by atoms with E-state index in [1.54, 1.807) is 18.2 Å². The van der Waals surface area contributed by atoms with Crippen LogP contribution in [0, 0.1) is 13.8 Å². The minimum atomic E-state index is -0.306. The summed E-state index contributed by atoms with van der Waals surface area (Å²) in [5, 5.41) is 5.59. The van der Waals surface area contributed by atoms with Gasteiger partial charge in [-0.1, -0.05) is 29.8 Å². The molecule has 0 fully saturated rings. The highest BCUT2D eigenvalue weighted by atomic mass is 35.5. The number of amides is 2. The van der Waals surface area contributed by atoms with Crippen LogP contribution in [0.4, 0.5) is 5.69 Å². The highest BCUT2D eigenvalue weighted by molar-refractivity contribution is 6.34. The van der Waals surface area contributed by atoms with Crippen LogP contribution in [0.1, 0.15) is 27.9 Å². The Bertz CT molecular complexity index is 770. The molecule has 132 valence electrons. The van der Waals surface area contributed by atoms with Gasteiger partial charge in [-0.25, -0.2) is 0 Å². The van der Waals surface area contributed by atoms with E-state index in [4.69, 9.17) is 16.3 Å². The van der Waals surface area contributed by atoms with Crippen LogP contribution < -0.4 is 15.4 Å². The first-order chi connectivity index (χ1) is 11.9. The summed E-state index contributed by atoms with van der Waals surface area (Å²) >= 11 is 5.99. The Morgan fingerprint density at radius 1 is 1.12 bits per heavy atom. The van der Waals surface area contributed by atoms with E-state index in [9.17, 15) is 9.59 Å². The maximum absolute atomic E-state index is 12.1. The van der Waals surface area contributed by atoms with Gasteiger partial charge < -0.3 is 15.4 Å². The number of anilines is 1. The fraction of sp³-hybridized carbons (Fsp3) is 0.263. The molecular weight excluding hydrogens is 340 g/mol. The van der Waals surface area contributed by atoms with Crippen molar-refractivity contribution in [1.82, 2.24) is 5.32 Å². The van der Waals surface area contributed by atoms with E-state index in [0.717, 1.165) is 16.9 Å². The standard InChI is InChI=1S/C19H21ClN2O3/c1-12-5-4-6-13(2)18(12)25-10-9-17(23)22-14-7-8-16(20)15(11-14)19(24)21-3/h4-8,11H,9-10H2,1-3H3,(H,21,24)(H,22,23). The molecule has 0 saturated heterocycles. The zero-order chi connectivity index (χ0) is 18.4. The Balaban J connectivity index is 1.93. The van der Waals surface area contributed by atoms with Gasteiger partial charge in [0.1, 0.15) is 5.75 Å². The van der Waals surface area contributed by atoms with Crippen molar-refractivity contribution in [3.63, 3.8) is 0 Å². The highest BCUT2D eigenvalue weighted by Crippen LogP contribution is 2.23. The van der Waals surface area contributed by atoms with E-state index < -0.39 is 0 Å². The molecule has 2 rings (SSSR count). The first-order valence-corrected chi connectivity index (χ1v) is 8.30. The number of hydrogen-bond donors (Lipinski definition) is 2. The Kier molecular flexibility index (Phi) is 6.42. The lowest BCUT2D eigenvalue weighted by Gasteiger charge is -2.12. The molecule has 0 bridgehead atoms. The number of nitrogens with one attached hydrogen (secondary N) is 2. The van der Waals surface area contributed by atoms with Crippen LogP contribution in [0.2, 0.25) is 5.02 Å². The molecule has 0 aliphatic carbocycles. The Morgan fingerprint density at radius 3 is 2.44 bits per heavy atom. The van der Waals surface area contributed by atoms with Gasteiger partial charge in [-0.15, -0.1) is 0 Å². The lowest BCUT2D eigenvalue weighted by atomic mass is 10.1. The summed E-state index contributed by atoms with van der Waals surface area (Å²) in [5.41, 5.74) is 2.90. The van der Waals surface area contributed by atoms with Gasteiger partial charge in [0, 0.05) is 12.7 Å². The molecule has 0 unspecified atom stereocenters. The third-order valence-electron chi connectivity index (χ3n) is 3.71. The second-order valence-corrected chi connectivity index (χ2v) is 6.05. The van der Waals surface area contributed by atoms with Gasteiger partial charge in [0.05, 0.1) is 23.6 Å². The number of halogens is 1. The fourth-order valence-electron chi connectivity index (χ4n) is 2.41. The van der Waals surface area contributed by atoms with Crippen molar-refractivity contribution in [2.24, 2.45) is 0 Å². The molecule has 2 aromatic carbocycles. The Morgan fingerprint density at radius 2 is 1.80 bits per heavy atom. The first-order valence-electron chi connectivity index (χ1n) is 7.93. The molecule has 2 N–H and O–H groups in total. The van der Waals surface area contributed by atoms with E-state index >= 15 is 0 Å². The summed E-state index contributed by atoms with van der Waals surface area (Å²) in [7, 11) is 1.52. The second-order valence-electron chi connectivity index (χ2n) is 5.64. The highest BCUT2D eigenvalue weighted by Gasteiger charge is 2.11. The van der Waals surface area contributed by atoms with Gasteiger partial charge in [-0.05, 0) is 43.2 Å². The molecule has 2 aromatic rings. The molecule has 0 aliphatic heterocycles. The van der Waals surface area contributed by atoms with Crippen LogP contribution >= 0.6 is 11.6 Å². The fourth-order valence-corrected chi connectivity index (χ4v) is 2.61. The van der Waals surface area contributed by atoms with Gasteiger partial charge in [0.25, 0.3) is 5.91 Å². The number of ether oxygens (including phenoxy) is 1. The van der Waals surface area contributed by atoms with E-state index in [2.05, 4.69) is 10.6 Å². The number of hydrogen-bond acceptors (Lipinski definition) is 3. The molecular formula is C19H21ClN2O3. The number of aryl methyl sites for hydroxylation is 2. The van der Waals surface area contributed by atoms with E-state index in [1.807, 2.05) is 32.0 Å². The summed E-state index contributed by atoms with van der Waals surface area (Å²) in [6.07, 6.45) is 0.200. The minimum absolute atomic E-state index is 0.198. The van der Waals surface area contributed by atoms with Crippen LogP contribution in [-0.2, 0) is 4.79 Å². The largest absolute Gasteiger partial charge is 0.493 e. The van der Waals surface area contributed by atoms with E-state index in [0.29, 0.717) is 16.3 Å². The predicted molar refractivity (Wildman–Crippen MR) is 99.5 cm³/mol. The third kappa shape index (κ3) is 4.97. The Labute approximate surface area is 152 Å². The van der Waals surface area contributed by atoms with Crippen molar-refractivity contribution in [2.75, 3.05) is 19.0 Å². The third-order valence-corrected chi connectivity index (χ3v) is 4.04. The molecule has 2 amide bonds. The molecule has 25 heavy (non-hydrogen) atoms. The van der Waals surface area contributed by atoms with Crippen molar-refractivity contribution in [3.8, 4) is 5.75 Å². The van der Waals surface area contributed by atoms with Gasteiger partial charge in [0.2, 0.25) is 5.91 Å². The summed E-state index contributed by atoms with van der Waals surface area (Å²) in [6, 6.07) is 10.7. The zero-order valence-electron chi connectivity index (χ0n) is 14.5. The van der Waals surface area contributed by atoms with Crippen molar-refractivity contribution in [2.45, 2.75) is 20.3 Å². The van der Waals surface area contributed by atoms with Crippen molar-refractivity contribution >= 4 is 29.1 Å². The molecule has 0 atom stereocenters. The number of carbonyl (C=O) groups excluding carboxylic acids is 2. The molecule has 0 heterocycles. The smallest absolute Gasteiger partial charge is 0.252 e. The normalized spacial score (nSPS) is 10.2. The van der Waals surface area contributed by atoms with Crippen molar-refractivity contribution in [1.29, 1.82) is 0 Å². The minimum Gasteiger partial charge on any atom is -0.493 e. The number of para-hydroxylation sites is 1. The van der Waals surface area contributed by atoms with Crippen molar-refractivity contribution < 1.29 is 14.3 Å². The lowest BCUT2D eigenvalue weighted by molar-refractivity contribution is -0.116. The molecule has 0 spiro atoms. The van der Waals surface area contributed by atoms with Crippen LogP contribution in [0.5, 0.6) is 5.75 Å². The van der Waals surface area contributed by atoms with E-state index in [1.165, 1.54) is 7.05 Å². The molecule has 5 nitrogen and oxygen atoms in total.